The van der Waals surface area contributed by atoms with Gasteiger partial charge in [0.25, 0.3) is 0 Å². The van der Waals surface area contributed by atoms with Crippen molar-refractivity contribution in [2.75, 3.05) is 0 Å². The third kappa shape index (κ3) is 3.41. The Balaban J connectivity index is 2.04. The lowest BCUT2D eigenvalue weighted by Crippen LogP contribution is -2.47. The van der Waals surface area contributed by atoms with Gasteiger partial charge < -0.3 is 15.2 Å². The molecule has 2 aliphatic rings. The van der Waals surface area contributed by atoms with Crippen LogP contribution in [0.2, 0.25) is 0 Å². The minimum atomic E-state index is -1.10. The monoisotopic (exact) mass is 278 g/mol. The van der Waals surface area contributed by atoms with E-state index in [-0.39, 0.29) is 11.9 Å². The molecule has 0 aromatic heterocycles. The van der Waals surface area contributed by atoms with Gasteiger partial charge in [0.2, 0.25) is 5.91 Å². The fraction of sp³-hybridized carbons (Fsp3) is 0.750. The van der Waals surface area contributed by atoms with Crippen molar-refractivity contribution >= 4 is 11.9 Å². The number of nitrogens with one attached hydrogen (secondary N) is 1. The second-order valence-electron chi connectivity index (χ2n) is 6.34. The van der Waals surface area contributed by atoms with Crippen LogP contribution in [0.3, 0.4) is 0 Å². The molecule has 4 nitrogen and oxygen atoms in total. The summed E-state index contributed by atoms with van der Waals surface area (Å²) in [4.78, 5) is 23.7. The maximum atomic E-state index is 12.4. The molecule has 1 saturated carbocycles. The molecule has 0 spiro atoms. The van der Waals surface area contributed by atoms with Crippen LogP contribution in [0.1, 0.15) is 58.8 Å². The first-order valence-corrected chi connectivity index (χ1v) is 7.65. The lowest BCUT2D eigenvalue weighted by atomic mass is 9.76. The topological polar surface area (TPSA) is 69.2 Å². The Morgan fingerprint density at radius 2 is 1.55 bits per heavy atom. The van der Waals surface area contributed by atoms with Crippen molar-refractivity contribution in [2.24, 2.45) is 11.8 Å². The second-order valence-corrected chi connectivity index (χ2v) is 6.34. The van der Waals surface area contributed by atoms with Crippen molar-refractivity contribution in [2.45, 2.75) is 64.8 Å². The Bertz CT molecular complexity index is 421. The van der Waals surface area contributed by atoms with Crippen LogP contribution in [-0.2, 0) is 9.59 Å². The first-order valence-electron chi connectivity index (χ1n) is 7.65. The molecule has 0 heterocycles. The Hall–Kier alpha value is -1.32. The molecule has 0 unspecified atom stereocenters. The van der Waals surface area contributed by atoms with Crippen LogP contribution in [0.25, 0.3) is 0 Å². The molecule has 1 amide bonds. The molecule has 0 aromatic rings. The second kappa shape index (κ2) is 6.42. The molecular formula is C16H24NO3-. The lowest BCUT2D eigenvalue weighted by molar-refractivity contribution is -0.313. The average molecular weight is 278 g/mol. The van der Waals surface area contributed by atoms with Crippen molar-refractivity contribution in [3.05, 3.63) is 11.1 Å². The van der Waals surface area contributed by atoms with E-state index >= 15 is 0 Å². The van der Waals surface area contributed by atoms with E-state index in [4.69, 9.17) is 0 Å². The molecule has 112 valence electrons. The molecule has 2 aliphatic carbocycles. The maximum Gasteiger partial charge on any atom is 0.224 e. The molecule has 0 aliphatic heterocycles. The van der Waals surface area contributed by atoms with E-state index in [0.717, 1.165) is 36.8 Å². The van der Waals surface area contributed by atoms with Crippen LogP contribution in [0.5, 0.6) is 0 Å². The normalized spacial score (nSPS) is 28.3. The van der Waals surface area contributed by atoms with E-state index in [1.165, 1.54) is 6.42 Å². The van der Waals surface area contributed by atoms with Crippen molar-refractivity contribution in [3.63, 3.8) is 0 Å². The molecule has 0 radical (unpaired) electrons. The lowest BCUT2D eigenvalue weighted by Gasteiger charge is -2.34. The molecule has 1 N–H and O–H groups in total. The van der Waals surface area contributed by atoms with Crippen LogP contribution in [0.4, 0.5) is 0 Å². The predicted octanol–water partition coefficient (Wildman–Crippen LogP) is 1.55. The zero-order valence-electron chi connectivity index (χ0n) is 12.4. The maximum absolute atomic E-state index is 12.4. The van der Waals surface area contributed by atoms with Crippen LogP contribution in [0.15, 0.2) is 11.1 Å². The van der Waals surface area contributed by atoms with Gasteiger partial charge in [0.05, 0.1) is 0 Å². The molecular weight excluding hydrogens is 254 g/mol. The Morgan fingerprint density at radius 1 is 1.00 bits per heavy atom. The summed E-state index contributed by atoms with van der Waals surface area (Å²) in [6, 6.07) is 0.228. The summed E-state index contributed by atoms with van der Waals surface area (Å²) < 4.78 is 0. The van der Waals surface area contributed by atoms with Gasteiger partial charge in [-0.1, -0.05) is 30.4 Å². The average Bonchev–Trinajstić information content (AvgIpc) is 2.42. The number of carbonyl (C=O) groups is 2. The van der Waals surface area contributed by atoms with Crippen molar-refractivity contribution in [1.82, 2.24) is 5.32 Å². The van der Waals surface area contributed by atoms with Gasteiger partial charge in [-0.25, -0.2) is 0 Å². The minimum absolute atomic E-state index is 0.0991. The number of amides is 1. The van der Waals surface area contributed by atoms with Gasteiger partial charge in [0.15, 0.2) is 0 Å². The van der Waals surface area contributed by atoms with Crippen LogP contribution in [0, 0.1) is 11.8 Å². The molecule has 0 aromatic carbocycles. The number of carboxylic acids is 1. The summed E-state index contributed by atoms with van der Waals surface area (Å²) in [5, 5.41) is 14.4. The highest BCUT2D eigenvalue weighted by atomic mass is 16.4. The summed E-state index contributed by atoms with van der Waals surface area (Å²) in [6.07, 6.45) is 6.55. The van der Waals surface area contributed by atoms with Crippen LogP contribution < -0.4 is 10.4 Å². The van der Waals surface area contributed by atoms with Gasteiger partial charge in [-0.05, 0) is 39.5 Å². The SMILES string of the molecule is CC1=C(C)C[C@@H](C(=O)NC2CCCCC2)[C@H](C(=O)[O-])C1. The molecule has 2 atom stereocenters. The van der Waals surface area contributed by atoms with Crippen LogP contribution >= 0.6 is 0 Å². The highest BCUT2D eigenvalue weighted by molar-refractivity contribution is 5.85. The smallest absolute Gasteiger partial charge is 0.224 e. The number of allylic oxidation sites excluding steroid dienone is 2. The van der Waals surface area contributed by atoms with E-state index in [1.807, 2.05) is 13.8 Å². The number of aliphatic carboxylic acids is 1. The van der Waals surface area contributed by atoms with Gasteiger partial charge in [-0.3, -0.25) is 4.79 Å². The molecule has 20 heavy (non-hydrogen) atoms. The minimum Gasteiger partial charge on any atom is -0.550 e. The third-order valence-corrected chi connectivity index (χ3v) is 4.86. The van der Waals surface area contributed by atoms with Gasteiger partial charge >= 0.3 is 0 Å². The summed E-state index contributed by atoms with van der Waals surface area (Å²) in [7, 11) is 0. The zero-order valence-corrected chi connectivity index (χ0v) is 12.4. The van der Waals surface area contributed by atoms with Gasteiger partial charge in [-0.15, -0.1) is 0 Å². The van der Waals surface area contributed by atoms with Crippen LogP contribution in [-0.4, -0.2) is 17.9 Å². The quantitative estimate of drug-likeness (QED) is 0.796. The third-order valence-electron chi connectivity index (χ3n) is 4.86. The Kier molecular flexibility index (Phi) is 4.84. The Morgan fingerprint density at radius 3 is 2.10 bits per heavy atom. The summed E-state index contributed by atoms with van der Waals surface area (Å²) >= 11 is 0. The fourth-order valence-electron chi connectivity index (χ4n) is 3.37. The molecule has 2 rings (SSSR count). The summed E-state index contributed by atoms with van der Waals surface area (Å²) in [6.45, 7) is 3.93. The molecule has 4 heteroatoms. The molecule has 1 fully saturated rings. The van der Waals surface area contributed by atoms with Crippen molar-refractivity contribution in [1.29, 1.82) is 0 Å². The van der Waals surface area contributed by atoms with Crippen molar-refractivity contribution < 1.29 is 14.7 Å². The standard InChI is InChI=1S/C16H25NO3/c1-10-8-13(14(16(19)20)9-11(10)2)15(18)17-12-6-4-3-5-7-12/h12-14H,3-9H2,1-2H3,(H,17,18)(H,19,20)/p-1/t13-,14-/m1/s1. The van der Waals surface area contributed by atoms with Crippen molar-refractivity contribution in [3.8, 4) is 0 Å². The van der Waals surface area contributed by atoms with E-state index < -0.39 is 17.8 Å². The first kappa shape index (κ1) is 15.1. The number of carboxylic acid groups (broad SMARTS) is 1. The van der Waals surface area contributed by atoms with Gasteiger partial charge in [0.1, 0.15) is 0 Å². The highest BCUT2D eigenvalue weighted by Gasteiger charge is 2.34. The predicted molar refractivity (Wildman–Crippen MR) is 74.6 cm³/mol. The number of carbonyl (C=O) groups excluding carboxylic acids is 2. The summed E-state index contributed by atoms with van der Waals surface area (Å²) in [5.41, 5.74) is 2.23. The zero-order chi connectivity index (χ0) is 14.7. The van der Waals surface area contributed by atoms with E-state index in [9.17, 15) is 14.7 Å². The number of rotatable bonds is 3. The Labute approximate surface area is 120 Å². The van der Waals surface area contributed by atoms with E-state index in [0.29, 0.717) is 12.8 Å². The number of hydrogen-bond donors (Lipinski definition) is 1. The fourth-order valence-corrected chi connectivity index (χ4v) is 3.37. The van der Waals surface area contributed by atoms with E-state index in [2.05, 4.69) is 5.32 Å². The van der Waals surface area contributed by atoms with E-state index in [1.54, 1.807) is 0 Å². The largest absolute Gasteiger partial charge is 0.550 e. The number of hydrogen-bond acceptors (Lipinski definition) is 3. The molecule has 0 bridgehead atoms. The summed E-state index contributed by atoms with van der Waals surface area (Å²) in [5.74, 6) is -2.34. The first-order chi connectivity index (χ1) is 9.49. The van der Waals surface area contributed by atoms with Gasteiger partial charge in [-0.2, -0.15) is 0 Å². The van der Waals surface area contributed by atoms with Gasteiger partial charge in [0, 0.05) is 23.8 Å². The molecule has 0 saturated heterocycles. The highest BCUT2D eigenvalue weighted by Crippen LogP contribution is 2.34.